The Bertz CT molecular complexity index is 966. The number of hydrogen-bond acceptors (Lipinski definition) is 5. The summed E-state index contributed by atoms with van der Waals surface area (Å²) in [6, 6.07) is 5.35. The zero-order valence-corrected chi connectivity index (χ0v) is 13.8. The quantitative estimate of drug-likeness (QED) is 0.746. The molecule has 9 heteroatoms. The number of fused-ring (bicyclic) bond motifs is 1. The van der Waals surface area contributed by atoms with Gasteiger partial charge < -0.3 is 9.84 Å². The number of rotatable bonds is 4. The zero-order chi connectivity index (χ0) is 18.3. The van der Waals surface area contributed by atoms with E-state index in [9.17, 15) is 13.6 Å². The van der Waals surface area contributed by atoms with Crippen LogP contribution in [0.15, 0.2) is 28.9 Å². The first-order valence-corrected chi connectivity index (χ1v) is 8.09. The topological polar surface area (TPSA) is 96.7 Å². The van der Waals surface area contributed by atoms with Gasteiger partial charge in [-0.3, -0.25) is 9.89 Å². The molecular formula is C17H15F2N5O2. The number of aromatic amines is 1. The summed E-state index contributed by atoms with van der Waals surface area (Å²) in [6.07, 6.45) is 0.297. The molecule has 1 amide bonds. The third-order valence-corrected chi connectivity index (χ3v) is 4.49. The molecule has 4 rings (SSSR count). The van der Waals surface area contributed by atoms with Gasteiger partial charge in [-0.05, 0) is 37.0 Å². The average Bonchev–Trinajstić information content (AvgIpc) is 3.34. The van der Waals surface area contributed by atoms with E-state index < -0.39 is 12.3 Å². The Labute approximate surface area is 146 Å². The van der Waals surface area contributed by atoms with Crippen LogP contribution in [0.25, 0.3) is 11.4 Å². The summed E-state index contributed by atoms with van der Waals surface area (Å²) in [6.45, 7) is 1.76. The molecule has 0 fully saturated rings. The van der Waals surface area contributed by atoms with Gasteiger partial charge in [-0.15, -0.1) is 0 Å². The Kier molecular flexibility index (Phi) is 3.98. The van der Waals surface area contributed by atoms with Gasteiger partial charge in [0.05, 0.1) is 17.3 Å². The van der Waals surface area contributed by atoms with Crippen LogP contribution in [-0.2, 0) is 6.42 Å². The van der Waals surface area contributed by atoms with E-state index in [4.69, 9.17) is 0 Å². The molecule has 1 aromatic carbocycles. The minimum absolute atomic E-state index is 0.109. The zero-order valence-electron chi connectivity index (χ0n) is 13.8. The average molecular weight is 359 g/mol. The molecule has 0 spiro atoms. The SMILES string of the molecule is Cc1n[nH]cc1C(=O)N[C@@H]1CCc2cc(-c3noc(C(F)F)n3)ccc21. The predicted molar refractivity (Wildman–Crippen MR) is 86.5 cm³/mol. The fourth-order valence-corrected chi connectivity index (χ4v) is 3.17. The number of aryl methyl sites for hydroxylation is 2. The van der Waals surface area contributed by atoms with Gasteiger partial charge in [-0.2, -0.15) is 18.9 Å². The molecule has 2 N–H and O–H groups in total. The fraction of sp³-hybridized carbons (Fsp3) is 0.294. The van der Waals surface area contributed by atoms with Crippen molar-refractivity contribution in [2.75, 3.05) is 0 Å². The Morgan fingerprint density at radius 1 is 1.42 bits per heavy atom. The first-order chi connectivity index (χ1) is 12.5. The minimum atomic E-state index is -2.79. The number of alkyl halides is 2. The van der Waals surface area contributed by atoms with E-state index in [1.54, 1.807) is 19.2 Å². The summed E-state index contributed by atoms with van der Waals surface area (Å²) in [5, 5.41) is 13.2. The Morgan fingerprint density at radius 3 is 2.96 bits per heavy atom. The lowest BCUT2D eigenvalue weighted by molar-refractivity contribution is 0.0936. The highest BCUT2D eigenvalue weighted by Crippen LogP contribution is 2.34. The second-order valence-electron chi connectivity index (χ2n) is 6.12. The van der Waals surface area contributed by atoms with Crippen molar-refractivity contribution in [1.29, 1.82) is 0 Å². The van der Waals surface area contributed by atoms with Gasteiger partial charge in [0.15, 0.2) is 0 Å². The number of nitrogens with one attached hydrogen (secondary N) is 2. The molecular weight excluding hydrogens is 344 g/mol. The summed E-state index contributed by atoms with van der Waals surface area (Å²) < 4.78 is 29.7. The van der Waals surface area contributed by atoms with Gasteiger partial charge in [0.25, 0.3) is 11.8 Å². The first kappa shape index (κ1) is 16.4. The molecule has 0 bridgehead atoms. The van der Waals surface area contributed by atoms with Crippen LogP contribution in [0.4, 0.5) is 8.78 Å². The third-order valence-electron chi connectivity index (χ3n) is 4.49. The lowest BCUT2D eigenvalue weighted by atomic mass is 10.0. The van der Waals surface area contributed by atoms with Gasteiger partial charge in [0.1, 0.15) is 0 Å². The number of hydrogen-bond donors (Lipinski definition) is 2. The molecule has 0 radical (unpaired) electrons. The van der Waals surface area contributed by atoms with Crippen molar-refractivity contribution >= 4 is 5.91 Å². The van der Waals surface area contributed by atoms with Gasteiger partial charge in [0, 0.05) is 11.8 Å². The lowest BCUT2D eigenvalue weighted by Gasteiger charge is -2.14. The largest absolute Gasteiger partial charge is 0.345 e. The molecule has 3 aromatic rings. The number of carbonyl (C=O) groups excluding carboxylic acids is 1. The second kappa shape index (κ2) is 6.32. The van der Waals surface area contributed by atoms with E-state index in [-0.39, 0.29) is 17.8 Å². The number of H-pyrrole nitrogens is 1. The molecule has 2 aromatic heterocycles. The Balaban J connectivity index is 1.54. The van der Waals surface area contributed by atoms with Crippen molar-refractivity contribution < 1.29 is 18.1 Å². The molecule has 1 atom stereocenters. The van der Waals surface area contributed by atoms with Crippen LogP contribution in [0.3, 0.4) is 0 Å². The van der Waals surface area contributed by atoms with E-state index in [0.717, 1.165) is 24.0 Å². The number of aromatic nitrogens is 4. The Morgan fingerprint density at radius 2 is 2.27 bits per heavy atom. The normalized spacial score (nSPS) is 16.1. The standard InChI is InChI=1S/C17H15F2N5O2/c1-8-12(7-20-23-8)16(25)21-13-5-3-9-6-10(2-4-11(9)13)15-22-17(14(18)19)26-24-15/h2,4,6-7,13-14H,3,5H2,1H3,(H,20,23)(H,21,25)/t13-/m1/s1. The maximum Gasteiger partial charge on any atom is 0.315 e. The molecule has 0 aliphatic heterocycles. The van der Waals surface area contributed by atoms with E-state index in [0.29, 0.717) is 16.8 Å². The highest BCUT2D eigenvalue weighted by atomic mass is 19.3. The van der Waals surface area contributed by atoms with Crippen molar-refractivity contribution in [2.24, 2.45) is 0 Å². The number of benzene rings is 1. The molecule has 0 saturated carbocycles. The molecule has 0 saturated heterocycles. The summed E-state index contributed by atoms with van der Waals surface area (Å²) >= 11 is 0. The molecule has 2 heterocycles. The van der Waals surface area contributed by atoms with Crippen LogP contribution in [0.2, 0.25) is 0 Å². The van der Waals surface area contributed by atoms with E-state index in [2.05, 4.69) is 30.2 Å². The fourth-order valence-electron chi connectivity index (χ4n) is 3.17. The van der Waals surface area contributed by atoms with Gasteiger partial charge >= 0.3 is 6.43 Å². The van der Waals surface area contributed by atoms with Crippen LogP contribution in [-0.4, -0.2) is 26.2 Å². The van der Waals surface area contributed by atoms with Crippen molar-refractivity contribution in [1.82, 2.24) is 25.7 Å². The van der Waals surface area contributed by atoms with Crippen LogP contribution in [0.5, 0.6) is 0 Å². The van der Waals surface area contributed by atoms with Gasteiger partial charge in [-0.1, -0.05) is 17.3 Å². The minimum Gasteiger partial charge on any atom is -0.345 e. The van der Waals surface area contributed by atoms with Crippen molar-refractivity contribution in [2.45, 2.75) is 32.2 Å². The van der Waals surface area contributed by atoms with Crippen molar-refractivity contribution in [3.05, 3.63) is 52.7 Å². The molecule has 7 nitrogen and oxygen atoms in total. The summed E-state index contributed by atoms with van der Waals surface area (Å²) in [5.41, 5.74) is 3.79. The number of nitrogens with zero attached hydrogens (tertiary/aromatic N) is 3. The summed E-state index contributed by atoms with van der Waals surface area (Å²) in [4.78, 5) is 16.1. The molecule has 1 aliphatic carbocycles. The van der Waals surface area contributed by atoms with Crippen molar-refractivity contribution in [3.8, 4) is 11.4 Å². The molecule has 1 aliphatic rings. The highest BCUT2D eigenvalue weighted by molar-refractivity contribution is 5.95. The molecule has 26 heavy (non-hydrogen) atoms. The number of amides is 1. The smallest absolute Gasteiger partial charge is 0.315 e. The predicted octanol–water partition coefficient (Wildman–Crippen LogP) is 3.12. The number of carbonyl (C=O) groups is 1. The van der Waals surface area contributed by atoms with E-state index in [1.165, 1.54) is 0 Å². The van der Waals surface area contributed by atoms with Crippen LogP contribution in [0, 0.1) is 6.92 Å². The van der Waals surface area contributed by atoms with E-state index in [1.807, 2.05) is 12.1 Å². The first-order valence-electron chi connectivity index (χ1n) is 8.09. The summed E-state index contributed by atoms with van der Waals surface area (Å²) in [5.74, 6) is -0.747. The maximum atomic E-state index is 12.6. The third kappa shape index (κ3) is 2.85. The summed E-state index contributed by atoms with van der Waals surface area (Å²) in [7, 11) is 0. The lowest BCUT2D eigenvalue weighted by Crippen LogP contribution is -2.27. The highest BCUT2D eigenvalue weighted by Gasteiger charge is 2.26. The van der Waals surface area contributed by atoms with Gasteiger partial charge in [-0.25, -0.2) is 0 Å². The number of halogens is 2. The van der Waals surface area contributed by atoms with Crippen LogP contribution >= 0.6 is 0 Å². The monoisotopic (exact) mass is 359 g/mol. The Hall–Kier alpha value is -3.10. The molecule has 0 unspecified atom stereocenters. The van der Waals surface area contributed by atoms with Crippen LogP contribution in [0.1, 0.15) is 52.0 Å². The van der Waals surface area contributed by atoms with Crippen LogP contribution < -0.4 is 5.32 Å². The second-order valence-corrected chi connectivity index (χ2v) is 6.12. The molecule has 134 valence electrons. The van der Waals surface area contributed by atoms with E-state index >= 15 is 0 Å². The van der Waals surface area contributed by atoms with Crippen molar-refractivity contribution in [3.63, 3.8) is 0 Å². The maximum absolute atomic E-state index is 12.6. The van der Waals surface area contributed by atoms with Gasteiger partial charge in [0.2, 0.25) is 5.82 Å².